The molecule has 0 unspecified atom stereocenters. The van der Waals surface area contributed by atoms with Gasteiger partial charge < -0.3 is 9.97 Å². The SMILES string of the molecule is C[Si](C)(C)c1cnc(-c2[c-]cccc2)cc1-c1ccccc1.C[Si](C)(C)c1cnc(-c2[c-]cccc2)cc1CC1CCCC1.[Ir]. The van der Waals surface area contributed by atoms with Crippen LogP contribution >= 0.6 is 0 Å². The Kier molecular flexibility index (Phi) is 12.1. The van der Waals surface area contributed by atoms with Gasteiger partial charge in [-0.2, -0.15) is 0 Å². The maximum Gasteiger partial charge on any atom is 0.0803 e. The van der Waals surface area contributed by atoms with E-state index in [-0.39, 0.29) is 20.1 Å². The molecule has 0 saturated heterocycles. The van der Waals surface area contributed by atoms with Crippen molar-refractivity contribution in [3.8, 4) is 33.6 Å². The van der Waals surface area contributed by atoms with Gasteiger partial charge >= 0.3 is 0 Å². The van der Waals surface area contributed by atoms with E-state index in [1.54, 1.807) is 10.8 Å². The molecule has 0 N–H and O–H groups in total. The van der Waals surface area contributed by atoms with Crippen LogP contribution in [0.25, 0.3) is 33.6 Å². The zero-order chi connectivity index (χ0) is 31.2. The van der Waals surface area contributed by atoms with Crippen molar-refractivity contribution in [3.05, 3.63) is 121 Å². The Labute approximate surface area is 287 Å². The third kappa shape index (κ3) is 9.29. The van der Waals surface area contributed by atoms with E-state index < -0.39 is 16.1 Å². The molecule has 45 heavy (non-hydrogen) atoms. The molecule has 0 aliphatic heterocycles. The van der Waals surface area contributed by atoms with Gasteiger partial charge in [-0.3, -0.25) is 0 Å². The van der Waals surface area contributed by atoms with Gasteiger partial charge in [0.2, 0.25) is 0 Å². The van der Waals surface area contributed by atoms with Gasteiger partial charge in [0.15, 0.2) is 0 Å². The van der Waals surface area contributed by atoms with Gasteiger partial charge in [0, 0.05) is 32.5 Å². The summed E-state index contributed by atoms with van der Waals surface area (Å²) >= 11 is 0. The van der Waals surface area contributed by atoms with Crippen molar-refractivity contribution >= 4 is 26.5 Å². The molecule has 0 spiro atoms. The fraction of sp³-hybridized carbons (Fsp3) is 0.300. The molecule has 0 amide bonds. The molecule has 1 aliphatic carbocycles. The summed E-state index contributed by atoms with van der Waals surface area (Å²) in [6.07, 6.45) is 11.1. The van der Waals surface area contributed by atoms with Gasteiger partial charge in [-0.05, 0) is 45.2 Å². The van der Waals surface area contributed by atoms with E-state index in [0.717, 1.165) is 28.4 Å². The largest absolute Gasteiger partial charge is 0.305 e. The summed E-state index contributed by atoms with van der Waals surface area (Å²) in [5, 5.41) is 2.94. The Morgan fingerprint density at radius 3 is 1.67 bits per heavy atom. The van der Waals surface area contributed by atoms with Crippen molar-refractivity contribution in [2.75, 3.05) is 0 Å². The van der Waals surface area contributed by atoms with Crippen LogP contribution < -0.4 is 10.4 Å². The van der Waals surface area contributed by atoms with Crippen LogP contribution in [0, 0.1) is 18.1 Å². The Bertz CT molecular complexity index is 1640. The van der Waals surface area contributed by atoms with Gasteiger partial charge in [-0.1, -0.05) is 113 Å². The fourth-order valence-electron chi connectivity index (χ4n) is 6.18. The first-order valence-corrected chi connectivity index (χ1v) is 23.1. The molecule has 1 aliphatic rings. The number of hydrogen-bond donors (Lipinski definition) is 0. The van der Waals surface area contributed by atoms with Crippen molar-refractivity contribution in [1.82, 2.24) is 9.97 Å². The standard InChI is InChI=1S/C20H20NSi.C20H26NSi.Ir/c1-22(2,3)20-15-21-19(17-12-8-5-9-13-17)14-18(20)16-10-6-4-7-11-16;1-22(2,3)20-15-21-19(17-11-5-4-6-12-17)14-18(20)13-16-9-7-8-10-16;/h4-12,14-15H,1-3H3;4-6,11,14-16H,7-10,13H2,1-3H3;/q2*-1;. The number of nitrogens with zero attached hydrogens (tertiary/aromatic N) is 2. The van der Waals surface area contributed by atoms with Crippen LogP contribution in [0.3, 0.4) is 0 Å². The van der Waals surface area contributed by atoms with Crippen LogP contribution in [0.2, 0.25) is 39.3 Å². The third-order valence-corrected chi connectivity index (χ3v) is 12.6. The van der Waals surface area contributed by atoms with E-state index in [0.29, 0.717) is 0 Å². The molecule has 1 radical (unpaired) electrons. The monoisotopic (exact) mass is 803 g/mol. The maximum absolute atomic E-state index is 4.75. The molecule has 2 aromatic heterocycles. The molecule has 235 valence electrons. The molecule has 2 heterocycles. The molecule has 3 aromatic carbocycles. The van der Waals surface area contributed by atoms with Crippen molar-refractivity contribution in [3.63, 3.8) is 0 Å². The van der Waals surface area contributed by atoms with E-state index in [9.17, 15) is 0 Å². The van der Waals surface area contributed by atoms with Gasteiger partial charge in [0.25, 0.3) is 0 Å². The summed E-state index contributed by atoms with van der Waals surface area (Å²) in [6, 6.07) is 37.9. The van der Waals surface area contributed by atoms with E-state index >= 15 is 0 Å². The molecule has 0 atom stereocenters. The van der Waals surface area contributed by atoms with Crippen LogP contribution in [0.1, 0.15) is 31.2 Å². The second kappa shape index (κ2) is 15.6. The second-order valence-electron chi connectivity index (χ2n) is 14.1. The topological polar surface area (TPSA) is 25.8 Å². The van der Waals surface area contributed by atoms with Gasteiger partial charge in [-0.25, -0.2) is 0 Å². The van der Waals surface area contributed by atoms with E-state index in [1.165, 1.54) is 48.4 Å². The molecule has 1 saturated carbocycles. The summed E-state index contributed by atoms with van der Waals surface area (Å²) in [5.41, 5.74) is 8.34. The summed E-state index contributed by atoms with van der Waals surface area (Å²) in [7, 11) is -2.80. The van der Waals surface area contributed by atoms with Crippen molar-refractivity contribution in [2.45, 2.75) is 71.4 Å². The molecular formula is C40H46IrN2Si2-2. The molecule has 2 nitrogen and oxygen atoms in total. The van der Waals surface area contributed by atoms with Gasteiger partial charge in [0.1, 0.15) is 0 Å². The molecule has 5 aromatic rings. The Balaban J connectivity index is 0.000000200. The summed E-state index contributed by atoms with van der Waals surface area (Å²) in [5.74, 6) is 0.880. The van der Waals surface area contributed by atoms with E-state index in [1.807, 2.05) is 30.3 Å². The quantitative estimate of drug-likeness (QED) is 0.121. The Hall–Kier alpha value is -2.96. The molecule has 5 heteroatoms. The van der Waals surface area contributed by atoms with E-state index in [4.69, 9.17) is 9.97 Å². The van der Waals surface area contributed by atoms with Crippen LogP contribution in [0.15, 0.2) is 103 Å². The van der Waals surface area contributed by atoms with Crippen LogP contribution in [-0.4, -0.2) is 26.1 Å². The predicted molar refractivity (Wildman–Crippen MR) is 194 cm³/mol. The predicted octanol–water partition coefficient (Wildman–Crippen LogP) is 9.59. The van der Waals surface area contributed by atoms with Crippen molar-refractivity contribution < 1.29 is 20.1 Å². The molecule has 0 bridgehead atoms. The maximum atomic E-state index is 4.75. The average molecular weight is 803 g/mol. The molecule has 1 fully saturated rings. The summed E-state index contributed by atoms with van der Waals surface area (Å²) in [6.45, 7) is 14.4. The second-order valence-corrected chi connectivity index (χ2v) is 24.2. The number of benzene rings is 3. The van der Waals surface area contributed by atoms with Gasteiger partial charge in [0.05, 0.1) is 16.1 Å². The van der Waals surface area contributed by atoms with Gasteiger partial charge in [-0.15, -0.1) is 71.8 Å². The first-order chi connectivity index (χ1) is 21.1. The Morgan fingerprint density at radius 2 is 1.16 bits per heavy atom. The number of rotatable bonds is 7. The Morgan fingerprint density at radius 1 is 0.644 bits per heavy atom. The van der Waals surface area contributed by atoms with Crippen molar-refractivity contribution in [1.29, 1.82) is 0 Å². The fourth-order valence-corrected chi connectivity index (χ4v) is 9.24. The number of hydrogen-bond acceptors (Lipinski definition) is 2. The minimum Gasteiger partial charge on any atom is -0.305 e. The zero-order valence-electron chi connectivity index (χ0n) is 27.7. The van der Waals surface area contributed by atoms with Crippen LogP contribution in [0.4, 0.5) is 0 Å². The molecule has 6 rings (SSSR count). The van der Waals surface area contributed by atoms with E-state index in [2.05, 4.69) is 124 Å². The summed E-state index contributed by atoms with van der Waals surface area (Å²) < 4.78 is 0. The minimum atomic E-state index is -1.46. The third-order valence-electron chi connectivity index (χ3n) is 8.55. The zero-order valence-corrected chi connectivity index (χ0v) is 32.1. The smallest absolute Gasteiger partial charge is 0.0803 e. The molecular weight excluding hydrogens is 757 g/mol. The minimum absolute atomic E-state index is 0. The van der Waals surface area contributed by atoms with Crippen LogP contribution in [0.5, 0.6) is 0 Å². The first kappa shape index (κ1) is 34.9. The first-order valence-electron chi connectivity index (χ1n) is 16.1. The van der Waals surface area contributed by atoms with Crippen molar-refractivity contribution in [2.24, 2.45) is 5.92 Å². The number of aromatic nitrogens is 2. The number of pyridine rings is 2. The summed E-state index contributed by atoms with van der Waals surface area (Å²) in [4.78, 5) is 9.46. The average Bonchev–Trinajstić information content (AvgIpc) is 3.54. The van der Waals surface area contributed by atoms with Crippen LogP contribution in [-0.2, 0) is 26.5 Å². The normalized spacial score (nSPS) is 13.5.